The molecule has 0 radical (unpaired) electrons. The zero-order valence-electron chi connectivity index (χ0n) is 18.3. The van der Waals surface area contributed by atoms with Gasteiger partial charge in [0.1, 0.15) is 18.6 Å². The quantitative estimate of drug-likeness (QED) is 0.302. The van der Waals surface area contributed by atoms with Crippen LogP contribution in [0.15, 0.2) is 54.9 Å². The van der Waals surface area contributed by atoms with E-state index in [1.165, 1.54) is 31.3 Å². The predicted octanol–water partition coefficient (Wildman–Crippen LogP) is 7.34. The lowest BCUT2D eigenvalue weighted by Gasteiger charge is -2.11. The second-order valence-corrected chi connectivity index (χ2v) is 7.91. The van der Waals surface area contributed by atoms with Gasteiger partial charge in [0.25, 0.3) is 0 Å². The fraction of sp³-hybridized carbons (Fsp3) is 0.385. The van der Waals surface area contributed by atoms with Gasteiger partial charge >= 0.3 is 0 Å². The first-order valence-electron chi connectivity index (χ1n) is 11.0. The van der Waals surface area contributed by atoms with E-state index in [-0.39, 0.29) is 12.4 Å². The number of nitrogens with zero attached hydrogens (tertiary/aromatic N) is 2. The van der Waals surface area contributed by atoms with Crippen molar-refractivity contribution in [1.82, 2.24) is 9.97 Å². The molecule has 0 saturated heterocycles. The van der Waals surface area contributed by atoms with E-state index in [2.05, 4.69) is 16.9 Å². The maximum atomic E-state index is 14.7. The molecule has 164 valence electrons. The number of halogens is 2. The molecule has 0 bridgehead atoms. The zero-order chi connectivity index (χ0) is 22.1. The van der Waals surface area contributed by atoms with E-state index in [4.69, 9.17) is 4.74 Å². The summed E-state index contributed by atoms with van der Waals surface area (Å²) in [5.41, 5.74) is 3.22. The van der Waals surface area contributed by atoms with E-state index in [1.807, 2.05) is 37.3 Å². The van der Waals surface area contributed by atoms with E-state index in [1.54, 1.807) is 6.07 Å². The third-order valence-electron chi connectivity index (χ3n) is 5.27. The minimum Gasteiger partial charge on any atom is -0.487 e. The Balaban J connectivity index is 1.55. The van der Waals surface area contributed by atoms with E-state index in [0.717, 1.165) is 36.0 Å². The van der Waals surface area contributed by atoms with Gasteiger partial charge in [-0.15, -0.1) is 0 Å². The Morgan fingerprint density at radius 3 is 2.26 bits per heavy atom. The van der Waals surface area contributed by atoms with Crippen molar-refractivity contribution in [3.63, 3.8) is 0 Å². The van der Waals surface area contributed by atoms with Crippen molar-refractivity contribution in [2.24, 2.45) is 0 Å². The summed E-state index contributed by atoms with van der Waals surface area (Å²) in [4.78, 5) is 8.40. The number of ether oxygens (including phenoxy) is 1. The molecule has 1 aromatic heterocycles. The lowest BCUT2D eigenvalue weighted by Crippen LogP contribution is -2.13. The lowest BCUT2D eigenvalue weighted by molar-refractivity contribution is 0.183. The van der Waals surface area contributed by atoms with Gasteiger partial charge < -0.3 is 4.74 Å². The fourth-order valence-electron chi connectivity index (χ4n) is 3.39. The summed E-state index contributed by atoms with van der Waals surface area (Å²) in [6.07, 6.45) is 7.88. The summed E-state index contributed by atoms with van der Waals surface area (Å²) in [7, 11) is 0. The van der Waals surface area contributed by atoms with Crippen LogP contribution in [-0.2, 0) is 0 Å². The van der Waals surface area contributed by atoms with Crippen LogP contribution in [0.4, 0.5) is 8.78 Å². The molecule has 0 spiro atoms. The highest BCUT2D eigenvalue weighted by Gasteiger charge is 2.12. The largest absolute Gasteiger partial charge is 0.487 e. The van der Waals surface area contributed by atoms with Crippen molar-refractivity contribution in [1.29, 1.82) is 0 Å². The van der Waals surface area contributed by atoms with E-state index in [9.17, 15) is 8.78 Å². The Hall–Kier alpha value is -2.82. The third kappa shape index (κ3) is 6.84. The van der Waals surface area contributed by atoms with E-state index in [0.29, 0.717) is 17.7 Å². The number of aryl methyl sites for hydroxylation is 1. The van der Waals surface area contributed by atoms with Crippen molar-refractivity contribution < 1.29 is 13.5 Å². The number of rotatable bonds is 11. The van der Waals surface area contributed by atoms with Crippen molar-refractivity contribution in [3.8, 4) is 28.3 Å². The summed E-state index contributed by atoms with van der Waals surface area (Å²) in [6, 6.07) is 12.9. The van der Waals surface area contributed by atoms with Gasteiger partial charge in [0, 0.05) is 0 Å². The molecule has 3 nitrogen and oxygen atoms in total. The number of alkyl halides is 1. The van der Waals surface area contributed by atoms with Crippen molar-refractivity contribution >= 4 is 0 Å². The highest BCUT2D eigenvalue weighted by atomic mass is 19.1. The number of hydrogen-bond donors (Lipinski definition) is 0. The predicted molar refractivity (Wildman–Crippen MR) is 121 cm³/mol. The topological polar surface area (TPSA) is 35.0 Å². The molecule has 0 amide bonds. The summed E-state index contributed by atoms with van der Waals surface area (Å²) >= 11 is 0. The molecule has 31 heavy (non-hydrogen) atoms. The third-order valence-corrected chi connectivity index (χ3v) is 5.27. The number of hydrogen-bond acceptors (Lipinski definition) is 3. The molecule has 0 saturated carbocycles. The maximum Gasteiger partial charge on any atom is 0.162 e. The Kier molecular flexibility index (Phi) is 8.51. The Morgan fingerprint density at radius 1 is 0.903 bits per heavy atom. The summed E-state index contributed by atoms with van der Waals surface area (Å²) in [6.45, 7) is 4.16. The van der Waals surface area contributed by atoms with Gasteiger partial charge in [0.2, 0.25) is 0 Å². The highest BCUT2D eigenvalue weighted by Crippen LogP contribution is 2.27. The first-order chi connectivity index (χ1) is 15.1. The standard InChI is InChI=1S/C26H30F2N2O/c1-3-4-5-6-7-8-22(27)18-31-23-16-29-26(30-17-23)24-14-13-21(15-25(24)28)20-11-9-19(2)10-12-20/h9-17,22H,3-8,18H2,1-2H3/t22-/m0/s1. The van der Waals surface area contributed by atoms with Crippen LogP contribution < -0.4 is 4.74 Å². The molecule has 0 aliphatic carbocycles. The van der Waals surface area contributed by atoms with Gasteiger partial charge in [0.15, 0.2) is 11.6 Å². The SMILES string of the molecule is CCCCCCC[C@H](F)COc1cnc(-c2ccc(-c3ccc(C)cc3)cc2F)nc1. The van der Waals surface area contributed by atoms with E-state index < -0.39 is 12.0 Å². The van der Waals surface area contributed by atoms with E-state index >= 15 is 0 Å². The van der Waals surface area contributed by atoms with Gasteiger partial charge in [-0.25, -0.2) is 18.7 Å². The molecule has 0 aliphatic rings. The lowest BCUT2D eigenvalue weighted by atomic mass is 10.0. The van der Waals surface area contributed by atoms with Crippen LogP contribution in [0.1, 0.15) is 51.0 Å². The average Bonchev–Trinajstić information content (AvgIpc) is 2.78. The van der Waals surface area contributed by atoms with Gasteiger partial charge in [0.05, 0.1) is 18.0 Å². The number of unbranched alkanes of at least 4 members (excludes halogenated alkanes) is 4. The summed E-state index contributed by atoms with van der Waals surface area (Å²) < 4.78 is 34.1. The maximum absolute atomic E-state index is 14.7. The highest BCUT2D eigenvalue weighted by molar-refractivity contribution is 5.68. The van der Waals surface area contributed by atoms with Crippen LogP contribution in [-0.4, -0.2) is 22.7 Å². The second kappa shape index (κ2) is 11.5. The average molecular weight is 425 g/mol. The van der Waals surface area contributed by atoms with Gasteiger partial charge in [-0.05, 0) is 36.6 Å². The summed E-state index contributed by atoms with van der Waals surface area (Å²) in [5, 5.41) is 0. The van der Waals surface area contributed by atoms with Crippen LogP contribution in [0, 0.1) is 12.7 Å². The molecule has 5 heteroatoms. The monoisotopic (exact) mass is 424 g/mol. The summed E-state index contributed by atoms with van der Waals surface area (Å²) in [5.74, 6) is 0.265. The van der Waals surface area contributed by atoms with Gasteiger partial charge in [-0.2, -0.15) is 0 Å². The minimum atomic E-state index is -1.01. The first kappa shape index (κ1) is 22.9. The number of aromatic nitrogens is 2. The first-order valence-corrected chi connectivity index (χ1v) is 11.0. The second-order valence-electron chi connectivity index (χ2n) is 7.91. The molecule has 0 unspecified atom stereocenters. The molecule has 0 aliphatic heterocycles. The van der Waals surface area contributed by atoms with Crippen molar-refractivity contribution in [2.45, 2.75) is 58.5 Å². The molecule has 1 heterocycles. The minimum absolute atomic E-state index is 0.0178. The fourth-order valence-corrected chi connectivity index (χ4v) is 3.39. The molecule has 3 rings (SSSR count). The van der Waals surface area contributed by atoms with Gasteiger partial charge in [-0.1, -0.05) is 74.9 Å². The van der Waals surface area contributed by atoms with Gasteiger partial charge in [-0.3, -0.25) is 0 Å². The number of benzene rings is 2. The van der Waals surface area contributed by atoms with Crippen molar-refractivity contribution in [2.75, 3.05) is 6.61 Å². The smallest absolute Gasteiger partial charge is 0.162 e. The van der Waals surface area contributed by atoms with Crippen LogP contribution in [0.5, 0.6) is 5.75 Å². The molecular formula is C26H30F2N2O. The van der Waals surface area contributed by atoms with Crippen LogP contribution >= 0.6 is 0 Å². The molecule has 0 fully saturated rings. The van der Waals surface area contributed by atoms with Crippen LogP contribution in [0.25, 0.3) is 22.5 Å². The Bertz CT molecular complexity index is 943. The normalized spacial score (nSPS) is 12.0. The molecule has 2 aromatic carbocycles. The Morgan fingerprint density at radius 2 is 1.58 bits per heavy atom. The van der Waals surface area contributed by atoms with Crippen LogP contribution in [0.3, 0.4) is 0 Å². The molecule has 3 aromatic rings. The zero-order valence-corrected chi connectivity index (χ0v) is 18.3. The molecule has 0 N–H and O–H groups in total. The molecular weight excluding hydrogens is 394 g/mol. The van der Waals surface area contributed by atoms with Crippen molar-refractivity contribution in [3.05, 3.63) is 66.2 Å². The Labute approximate surface area is 183 Å². The van der Waals surface area contributed by atoms with Crippen LogP contribution in [0.2, 0.25) is 0 Å². The molecule has 1 atom stereocenters.